The van der Waals surface area contributed by atoms with Crippen molar-refractivity contribution in [2.24, 2.45) is 0 Å². The lowest BCUT2D eigenvalue weighted by atomic mass is 10.1. The summed E-state index contributed by atoms with van der Waals surface area (Å²) in [5.41, 5.74) is 0. The van der Waals surface area contributed by atoms with Gasteiger partial charge in [0.25, 0.3) is 0 Å². The average Bonchev–Trinajstić information content (AvgIpc) is 1.80. The van der Waals surface area contributed by atoms with E-state index in [1.165, 1.54) is 5.92 Å². The van der Waals surface area contributed by atoms with E-state index in [-0.39, 0.29) is 0 Å². The van der Waals surface area contributed by atoms with E-state index in [0.717, 1.165) is 19.3 Å². The van der Waals surface area contributed by atoms with Crippen LogP contribution in [0, 0.1) is 12.8 Å². The summed E-state index contributed by atoms with van der Waals surface area (Å²) in [6.07, 6.45) is 7.66. The zero-order chi connectivity index (χ0) is 7.11. The molecule has 0 N–H and O–H groups in total. The van der Waals surface area contributed by atoms with Gasteiger partial charge in [0.1, 0.15) is 0 Å². The summed E-state index contributed by atoms with van der Waals surface area (Å²) in [6.45, 7) is 8.04. The van der Waals surface area contributed by atoms with Crippen LogP contribution in [0.15, 0.2) is 12.2 Å². The summed E-state index contributed by atoms with van der Waals surface area (Å²) in [5.74, 6) is 1.47. The molecule has 0 amide bonds. The summed E-state index contributed by atoms with van der Waals surface area (Å²) in [7, 11) is 0. The van der Waals surface area contributed by atoms with Crippen LogP contribution in [0.3, 0.4) is 0 Å². The Kier molecular flexibility index (Phi) is 5.70. The van der Waals surface area contributed by atoms with Gasteiger partial charge in [0, 0.05) is 0 Å². The molecular weight excluding hydrogens is 108 g/mol. The average molecular weight is 124 g/mol. The normalized spacial score (nSPS) is 11.6. The van der Waals surface area contributed by atoms with Gasteiger partial charge in [-0.25, -0.2) is 0 Å². The minimum atomic E-state index is 1.01. The van der Waals surface area contributed by atoms with Crippen LogP contribution < -0.4 is 0 Å². The van der Waals surface area contributed by atoms with E-state index in [9.17, 15) is 0 Å². The smallest absolute Gasteiger partial charge is 0.0265 e. The van der Waals surface area contributed by atoms with Gasteiger partial charge in [-0.1, -0.05) is 32.9 Å². The zero-order valence-electron chi connectivity index (χ0n) is 6.48. The second kappa shape index (κ2) is 5.87. The maximum atomic E-state index is 3.74. The quantitative estimate of drug-likeness (QED) is 0.505. The van der Waals surface area contributed by atoms with Crippen LogP contribution in [0.2, 0.25) is 0 Å². The molecule has 0 bridgehead atoms. The molecule has 0 spiro atoms. The molecule has 0 aromatic carbocycles. The molecule has 0 aliphatic rings. The van der Waals surface area contributed by atoms with Crippen molar-refractivity contribution in [1.29, 1.82) is 0 Å². The van der Waals surface area contributed by atoms with E-state index >= 15 is 0 Å². The minimum absolute atomic E-state index is 1.01. The number of rotatable bonds is 4. The standard InChI is InChI=1S/C9H16/c1-4-5-6-7-8-9(2)3/h6-7H,1,4-5,8H2,2-3H3. The first-order valence-electron chi connectivity index (χ1n) is 3.50. The van der Waals surface area contributed by atoms with E-state index in [1.807, 2.05) is 0 Å². The van der Waals surface area contributed by atoms with Gasteiger partial charge in [0.05, 0.1) is 0 Å². The van der Waals surface area contributed by atoms with Crippen LogP contribution in [0.25, 0.3) is 0 Å². The van der Waals surface area contributed by atoms with E-state index in [1.54, 1.807) is 0 Å². The fourth-order valence-corrected chi connectivity index (χ4v) is 0.555. The molecule has 0 aromatic rings. The maximum absolute atomic E-state index is 3.74. The van der Waals surface area contributed by atoms with E-state index in [0.29, 0.717) is 0 Å². The van der Waals surface area contributed by atoms with Crippen LogP contribution >= 0.6 is 0 Å². The van der Waals surface area contributed by atoms with Crippen molar-refractivity contribution in [2.45, 2.75) is 33.1 Å². The molecular formula is C9H16. The number of allylic oxidation sites excluding steroid dienone is 2. The Morgan fingerprint density at radius 2 is 2.00 bits per heavy atom. The van der Waals surface area contributed by atoms with E-state index < -0.39 is 0 Å². The predicted molar refractivity (Wildman–Crippen MR) is 42.9 cm³/mol. The van der Waals surface area contributed by atoms with Crippen LogP contribution in [-0.2, 0) is 0 Å². The molecule has 0 atom stereocenters. The van der Waals surface area contributed by atoms with Crippen molar-refractivity contribution >= 4 is 0 Å². The molecule has 0 saturated heterocycles. The summed E-state index contributed by atoms with van der Waals surface area (Å²) in [6, 6.07) is 0. The summed E-state index contributed by atoms with van der Waals surface area (Å²) in [5, 5.41) is 0. The van der Waals surface area contributed by atoms with Crippen molar-refractivity contribution in [3.63, 3.8) is 0 Å². The molecule has 0 unspecified atom stereocenters. The van der Waals surface area contributed by atoms with Crippen LogP contribution in [-0.4, -0.2) is 0 Å². The third kappa shape index (κ3) is 7.74. The molecule has 0 aliphatic heterocycles. The highest BCUT2D eigenvalue weighted by Gasteiger charge is 1.86. The van der Waals surface area contributed by atoms with Crippen molar-refractivity contribution in [3.8, 4) is 0 Å². The summed E-state index contributed by atoms with van der Waals surface area (Å²) >= 11 is 0. The Morgan fingerprint density at radius 3 is 2.44 bits per heavy atom. The van der Waals surface area contributed by atoms with Gasteiger partial charge >= 0.3 is 0 Å². The highest BCUT2D eigenvalue weighted by atomic mass is 13.9. The molecule has 0 rings (SSSR count). The Balaban J connectivity index is 3.04. The first kappa shape index (κ1) is 8.74. The van der Waals surface area contributed by atoms with Gasteiger partial charge < -0.3 is 0 Å². The molecule has 9 heavy (non-hydrogen) atoms. The minimum Gasteiger partial charge on any atom is -0.0885 e. The molecule has 0 heterocycles. The zero-order valence-corrected chi connectivity index (χ0v) is 6.48. The van der Waals surface area contributed by atoms with Gasteiger partial charge in [0.2, 0.25) is 0 Å². The van der Waals surface area contributed by atoms with Gasteiger partial charge in [-0.3, -0.25) is 0 Å². The summed E-state index contributed by atoms with van der Waals surface area (Å²) in [4.78, 5) is 0. The van der Waals surface area contributed by atoms with Crippen LogP contribution in [0.5, 0.6) is 0 Å². The molecule has 0 saturated carbocycles. The largest absolute Gasteiger partial charge is 0.0885 e. The molecule has 0 aliphatic carbocycles. The van der Waals surface area contributed by atoms with Gasteiger partial charge in [-0.15, -0.1) is 0 Å². The van der Waals surface area contributed by atoms with Crippen molar-refractivity contribution < 1.29 is 0 Å². The highest BCUT2D eigenvalue weighted by molar-refractivity contribution is 4.92. The highest BCUT2D eigenvalue weighted by Crippen LogP contribution is 2.03. The maximum Gasteiger partial charge on any atom is -0.0265 e. The van der Waals surface area contributed by atoms with E-state index in [4.69, 9.17) is 0 Å². The first-order valence-corrected chi connectivity index (χ1v) is 3.50. The molecule has 52 valence electrons. The number of hydrogen-bond acceptors (Lipinski definition) is 0. The van der Waals surface area contributed by atoms with Gasteiger partial charge in [0.15, 0.2) is 0 Å². The van der Waals surface area contributed by atoms with E-state index in [2.05, 4.69) is 32.9 Å². The Hall–Kier alpha value is -0.260. The number of hydrogen-bond donors (Lipinski definition) is 0. The fraction of sp³-hybridized carbons (Fsp3) is 0.556. The second-order valence-corrected chi connectivity index (χ2v) is 2.52. The lowest BCUT2D eigenvalue weighted by Crippen LogP contribution is -1.77. The van der Waals surface area contributed by atoms with Gasteiger partial charge in [-0.2, -0.15) is 0 Å². The SMILES string of the molecule is [CH2]CCC=CC[C](C)C. The molecule has 0 heteroatoms. The topological polar surface area (TPSA) is 0 Å². The van der Waals surface area contributed by atoms with Crippen LogP contribution in [0.1, 0.15) is 33.1 Å². The lowest BCUT2D eigenvalue weighted by molar-refractivity contribution is 0.971. The van der Waals surface area contributed by atoms with Gasteiger partial charge in [-0.05, 0) is 25.2 Å². The summed E-state index contributed by atoms with van der Waals surface area (Å²) < 4.78 is 0. The van der Waals surface area contributed by atoms with Crippen molar-refractivity contribution in [1.82, 2.24) is 0 Å². The Labute approximate surface area is 59.0 Å². The third-order valence-electron chi connectivity index (χ3n) is 1.06. The molecule has 2 radical (unpaired) electrons. The monoisotopic (exact) mass is 124 g/mol. The Morgan fingerprint density at radius 1 is 1.33 bits per heavy atom. The van der Waals surface area contributed by atoms with Crippen molar-refractivity contribution in [2.75, 3.05) is 0 Å². The molecule has 0 fully saturated rings. The predicted octanol–water partition coefficient (Wildman–Crippen LogP) is 3.16. The number of unbranched alkanes of at least 4 members (excludes halogenated alkanes) is 1. The first-order chi connectivity index (χ1) is 4.27. The fourth-order valence-electron chi connectivity index (χ4n) is 0.555. The van der Waals surface area contributed by atoms with Crippen molar-refractivity contribution in [3.05, 3.63) is 25.0 Å². The second-order valence-electron chi connectivity index (χ2n) is 2.52. The Bertz CT molecular complexity index is 70.1. The molecule has 0 aromatic heterocycles. The third-order valence-corrected chi connectivity index (χ3v) is 1.06. The van der Waals surface area contributed by atoms with Crippen LogP contribution in [0.4, 0.5) is 0 Å². The molecule has 0 nitrogen and oxygen atoms in total. The lowest BCUT2D eigenvalue weighted by Gasteiger charge is -1.94.